The molecule has 4 heterocycles. The van der Waals surface area contributed by atoms with E-state index in [9.17, 15) is 9.59 Å². The summed E-state index contributed by atoms with van der Waals surface area (Å²) in [5.41, 5.74) is 5.55. The molecule has 0 aromatic carbocycles. The Labute approximate surface area is 139 Å². The number of nitrogens with one attached hydrogen (secondary N) is 1. The van der Waals surface area contributed by atoms with Crippen LogP contribution in [0.2, 0.25) is 0 Å². The van der Waals surface area contributed by atoms with E-state index in [1.165, 1.54) is 6.39 Å². The Morgan fingerprint density at radius 2 is 2.33 bits per heavy atom. The number of primary amides is 1. The number of carbonyl (C=O) groups excluding carboxylic acids is 2. The molecule has 1 aliphatic carbocycles. The normalized spacial score (nSPS) is 34.4. The summed E-state index contributed by atoms with van der Waals surface area (Å²) in [5, 5.41) is 3.34. The number of hydrogen-bond donors (Lipinski definition) is 2. The number of fused-ring (bicyclic) bond motifs is 1. The van der Waals surface area contributed by atoms with Gasteiger partial charge >= 0.3 is 0 Å². The fourth-order valence-electron chi connectivity index (χ4n) is 4.42. The van der Waals surface area contributed by atoms with Crippen molar-refractivity contribution in [3.05, 3.63) is 17.8 Å². The largest absolute Gasteiger partial charge is 0.447 e. The molecule has 3 aliphatic heterocycles. The van der Waals surface area contributed by atoms with E-state index >= 15 is 0 Å². The molecule has 8 heteroatoms. The zero-order chi connectivity index (χ0) is 16.8. The van der Waals surface area contributed by atoms with Crippen molar-refractivity contribution in [2.45, 2.75) is 43.4 Å². The maximum Gasteiger partial charge on any atom is 0.270 e. The van der Waals surface area contributed by atoms with Crippen LogP contribution < -0.4 is 11.1 Å². The summed E-state index contributed by atoms with van der Waals surface area (Å²) in [5.74, 6) is 0.482. The van der Waals surface area contributed by atoms with Crippen molar-refractivity contribution in [3.63, 3.8) is 0 Å². The smallest absolute Gasteiger partial charge is 0.270 e. The molecule has 2 amide bonds. The Kier molecular flexibility index (Phi) is 3.80. The summed E-state index contributed by atoms with van der Waals surface area (Å²) in [6.45, 7) is 1.51. The molecule has 3 N–H and O–H groups in total. The molecule has 24 heavy (non-hydrogen) atoms. The van der Waals surface area contributed by atoms with Gasteiger partial charge in [0.15, 0.2) is 12.1 Å². The van der Waals surface area contributed by atoms with Crippen molar-refractivity contribution in [2.24, 2.45) is 11.7 Å². The Morgan fingerprint density at radius 1 is 1.50 bits per heavy atom. The Bertz CT molecular complexity index is 660. The number of nitrogens with two attached hydrogens (primary N) is 1. The number of amides is 2. The zero-order valence-corrected chi connectivity index (χ0v) is 13.6. The molecule has 5 atom stereocenters. The van der Waals surface area contributed by atoms with E-state index in [1.807, 2.05) is 4.90 Å². The number of hydrogen-bond acceptors (Lipinski definition) is 6. The number of nitrogens with zero attached hydrogens (tertiary/aromatic N) is 2. The monoisotopic (exact) mass is 334 g/mol. The summed E-state index contributed by atoms with van der Waals surface area (Å²) in [6, 6.07) is 0.262. The van der Waals surface area contributed by atoms with Gasteiger partial charge < -0.3 is 25.1 Å². The molecule has 0 radical (unpaired) electrons. The van der Waals surface area contributed by atoms with E-state index in [-0.39, 0.29) is 35.7 Å². The lowest BCUT2D eigenvalue weighted by atomic mass is 9.72. The standard InChI is InChI=1S/C16H22N4O4/c1-23-10-3-9(18-5-10)4-12(21)20-6-8-2-11(20)13(8)15-14(16(17)22)19-7-24-15/h7-11,13,18H,2-6H2,1H3,(H2,17,22)/t8?,9-,10-,11?,13?/m0/s1. The van der Waals surface area contributed by atoms with Crippen molar-refractivity contribution >= 4 is 11.8 Å². The lowest BCUT2D eigenvalue weighted by molar-refractivity contribution is -0.132. The van der Waals surface area contributed by atoms with Crippen LogP contribution in [0, 0.1) is 5.92 Å². The molecule has 4 fully saturated rings. The second kappa shape index (κ2) is 5.86. The van der Waals surface area contributed by atoms with Gasteiger partial charge in [-0.1, -0.05) is 0 Å². The maximum absolute atomic E-state index is 12.7. The molecule has 2 bridgehead atoms. The van der Waals surface area contributed by atoms with Crippen LogP contribution in [-0.2, 0) is 9.53 Å². The molecule has 3 saturated heterocycles. The highest BCUT2D eigenvalue weighted by molar-refractivity contribution is 5.92. The number of aromatic nitrogens is 1. The highest BCUT2D eigenvalue weighted by Crippen LogP contribution is 2.53. The lowest BCUT2D eigenvalue weighted by Crippen LogP contribution is -2.42. The van der Waals surface area contributed by atoms with E-state index in [0.717, 1.165) is 19.4 Å². The molecule has 1 aromatic heterocycles. The molecule has 5 rings (SSSR count). The van der Waals surface area contributed by atoms with Crippen LogP contribution in [0.1, 0.15) is 41.4 Å². The minimum Gasteiger partial charge on any atom is -0.447 e. The first kappa shape index (κ1) is 15.6. The second-order valence-electron chi connectivity index (χ2n) is 6.97. The fourth-order valence-corrected chi connectivity index (χ4v) is 4.42. The van der Waals surface area contributed by atoms with E-state index < -0.39 is 5.91 Å². The third-order valence-corrected chi connectivity index (χ3v) is 5.69. The third kappa shape index (κ3) is 2.41. The second-order valence-corrected chi connectivity index (χ2v) is 6.97. The third-order valence-electron chi connectivity index (χ3n) is 5.69. The molecule has 1 saturated carbocycles. The van der Waals surface area contributed by atoms with Crippen molar-refractivity contribution in [2.75, 3.05) is 20.2 Å². The molecule has 130 valence electrons. The van der Waals surface area contributed by atoms with Gasteiger partial charge in [-0.05, 0) is 18.8 Å². The van der Waals surface area contributed by atoms with Gasteiger partial charge in [-0.25, -0.2) is 4.98 Å². The van der Waals surface area contributed by atoms with Crippen molar-refractivity contribution in [3.8, 4) is 0 Å². The first-order valence-electron chi connectivity index (χ1n) is 8.37. The Hall–Kier alpha value is -1.93. The highest BCUT2D eigenvalue weighted by Gasteiger charge is 2.56. The van der Waals surface area contributed by atoms with Gasteiger partial charge in [-0.15, -0.1) is 0 Å². The van der Waals surface area contributed by atoms with Gasteiger partial charge in [0.25, 0.3) is 5.91 Å². The number of oxazole rings is 1. The Morgan fingerprint density at radius 3 is 3.04 bits per heavy atom. The molecule has 0 spiro atoms. The predicted molar refractivity (Wildman–Crippen MR) is 83.2 cm³/mol. The summed E-state index contributed by atoms with van der Waals surface area (Å²) in [6.07, 6.45) is 3.74. The summed E-state index contributed by atoms with van der Waals surface area (Å²) < 4.78 is 10.8. The van der Waals surface area contributed by atoms with Crippen LogP contribution >= 0.6 is 0 Å². The minimum atomic E-state index is -0.580. The van der Waals surface area contributed by atoms with Crippen LogP contribution in [-0.4, -0.2) is 60.1 Å². The van der Waals surface area contributed by atoms with Crippen molar-refractivity contribution in [1.82, 2.24) is 15.2 Å². The summed E-state index contributed by atoms with van der Waals surface area (Å²) >= 11 is 0. The fraction of sp³-hybridized carbons (Fsp3) is 0.688. The number of carbonyl (C=O) groups is 2. The average molecular weight is 334 g/mol. The molecule has 3 unspecified atom stereocenters. The van der Waals surface area contributed by atoms with Crippen molar-refractivity contribution < 1.29 is 18.7 Å². The Balaban J connectivity index is 1.41. The number of methoxy groups -OCH3 is 1. The first-order valence-corrected chi connectivity index (χ1v) is 8.37. The van der Waals surface area contributed by atoms with Crippen LogP contribution in [0.3, 0.4) is 0 Å². The van der Waals surface area contributed by atoms with E-state index in [2.05, 4.69) is 10.3 Å². The zero-order valence-electron chi connectivity index (χ0n) is 13.6. The molecule has 8 nitrogen and oxygen atoms in total. The van der Waals surface area contributed by atoms with Crippen LogP contribution in [0.5, 0.6) is 0 Å². The number of rotatable bonds is 5. The highest BCUT2D eigenvalue weighted by atomic mass is 16.5. The quantitative estimate of drug-likeness (QED) is 0.775. The van der Waals surface area contributed by atoms with Gasteiger partial charge in [-0.3, -0.25) is 9.59 Å². The SMILES string of the molecule is CO[C@@H]1CN[C@H](CC(=O)N2CC3CC2C3c2ocnc2C(N)=O)C1. The van der Waals surface area contributed by atoms with E-state index in [4.69, 9.17) is 14.9 Å². The molecular formula is C16H22N4O4. The minimum absolute atomic E-state index is 0.0437. The number of ether oxygens (including phenoxy) is 1. The first-order chi connectivity index (χ1) is 11.6. The van der Waals surface area contributed by atoms with E-state index in [0.29, 0.717) is 24.6 Å². The average Bonchev–Trinajstić information content (AvgIpc) is 3.29. The van der Waals surface area contributed by atoms with Gasteiger partial charge in [-0.2, -0.15) is 0 Å². The lowest BCUT2D eigenvalue weighted by Gasteiger charge is -2.35. The summed E-state index contributed by atoms with van der Waals surface area (Å²) in [4.78, 5) is 30.0. The molecule has 4 aliphatic rings. The topological polar surface area (TPSA) is 111 Å². The summed E-state index contributed by atoms with van der Waals surface area (Å²) in [7, 11) is 1.70. The van der Waals surface area contributed by atoms with Gasteiger partial charge in [0.2, 0.25) is 5.91 Å². The molecule has 1 aromatic rings. The van der Waals surface area contributed by atoms with E-state index in [1.54, 1.807) is 7.11 Å². The van der Waals surface area contributed by atoms with Gasteiger partial charge in [0, 0.05) is 44.6 Å². The molecular weight excluding hydrogens is 312 g/mol. The van der Waals surface area contributed by atoms with Crippen molar-refractivity contribution in [1.29, 1.82) is 0 Å². The van der Waals surface area contributed by atoms with Gasteiger partial charge in [0.1, 0.15) is 5.76 Å². The van der Waals surface area contributed by atoms with Crippen LogP contribution in [0.15, 0.2) is 10.8 Å². The maximum atomic E-state index is 12.7. The van der Waals surface area contributed by atoms with Crippen LogP contribution in [0.25, 0.3) is 0 Å². The predicted octanol–water partition coefficient (Wildman–Crippen LogP) is -0.145. The van der Waals surface area contributed by atoms with Crippen LogP contribution in [0.4, 0.5) is 0 Å². The van der Waals surface area contributed by atoms with Gasteiger partial charge in [0.05, 0.1) is 6.10 Å².